The molecule has 112 valence electrons. The van der Waals surface area contributed by atoms with Crippen LogP contribution in [0.2, 0.25) is 5.02 Å². The highest BCUT2D eigenvalue weighted by molar-refractivity contribution is 6.32. The number of fused-ring (bicyclic) bond motifs is 3. The molecule has 3 rings (SSSR count). The Morgan fingerprint density at radius 3 is 2.71 bits per heavy atom. The van der Waals surface area contributed by atoms with Crippen LogP contribution in [0, 0.1) is 5.92 Å². The first-order valence-corrected chi connectivity index (χ1v) is 6.72. The van der Waals surface area contributed by atoms with Crippen LogP contribution in [0.1, 0.15) is 23.5 Å². The molecule has 1 aromatic carbocycles. The first-order chi connectivity index (χ1) is 9.80. The van der Waals surface area contributed by atoms with E-state index in [0.29, 0.717) is 12.0 Å². The van der Waals surface area contributed by atoms with Crippen molar-refractivity contribution in [2.24, 2.45) is 5.92 Å². The summed E-state index contributed by atoms with van der Waals surface area (Å²) >= 11 is 6.05. The van der Waals surface area contributed by atoms with Crippen molar-refractivity contribution in [1.82, 2.24) is 0 Å². The van der Waals surface area contributed by atoms with Crippen molar-refractivity contribution < 1.29 is 23.1 Å². The second-order valence-electron chi connectivity index (χ2n) is 5.18. The molecule has 1 aliphatic heterocycles. The van der Waals surface area contributed by atoms with E-state index in [1.807, 2.05) is 0 Å². The van der Waals surface area contributed by atoms with E-state index in [2.05, 4.69) is 5.32 Å². The van der Waals surface area contributed by atoms with Crippen molar-refractivity contribution in [2.75, 3.05) is 5.32 Å². The van der Waals surface area contributed by atoms with Crippen molar-refractivity contribution in [2.45, 2.75) is 24.6 Å². The molecule has 0 fully saturated rings. The highest BCUT2D eigenvalue weighted by Gasteiger charge is 2.43. The van der Waals surface area contributed by atoms with Gasteiger partial charge in [-0.2, -0.15) is 13.2 Å². The zero-order chi connectivity index (χ0) is 15.4. The Hall–Kier alpha value is -1.69. The summed E-state index contributed by atoms with van der Waals surface area (Å²) in [5.41, 5.74) is -0.855. The highest BCUT2D eigenvalue weighted by Crippen LogP contribution is 2.50. The van der Waals surface area contributed by atoms with Gasteiger partial charge in [0.05, 0.1) is 23.3 Å². The molecule has 3 atom stereocenters. The minimum Gasteiger partial charge on any atom is -0.548 e. The van der Waals surface area contributed by atoms with Crippen LogP contribution < -0.4 is 10.4 Å². The molecular weight excluding hydrogens is 307 g/mol. The predicted molar refractivity (Wildman–Crippen MR) is 68.9 cm³/mol. The summed E-state index contributed by atoms with van der Waals surface area (Å²) in [6, 6.07) is 0.893. The summed E-state index contributed by atoms with van der Waals surface area (Å²) in [5.74, 6) is -2.24. The molecular formula is C14H10ClF3NO2-. The molecule has 1 N–H and O–H groups in total. The number of allylic oxidation sites excluding steroid dienone is 2. The molecule has 7 heteroatoms. The lowest BCUT2D eigenvalue weighted by atomic mass is 9.78. The van der Waals surface area contributed by atoms with Gasteiger partial charge in [0.1, 0.15) is 0 Å². The molecule has 0 bridgehead atoms. The zero-order valence-corrected chi connectivity index (χ0v) is 11.3. The monoisotopic (exact) mass is 316 g/mol. The molecule has 1 aromatic rings. The number of hydrogen-bond acceptors (Lipinski definition) is 3. The summed E-state index contributed by atoms with van der Waals surface area (Å²) in [4.78, 5) is 11.2. The quantitative estimate of drug-likeness (QED) is 0.810. The number of anilines is 1. The molecule has 1 aliphatic carbocycles. The van der Waals surface area contributed by atoms with Crippen LogP contribution in [-0.4, -0.2) is 12.0 Å². The number of carboxylic acids is 1. The van der Waals surface area contributed by atoms with Gasteiger partial charge in [0.25, 0.3) is 0 Å². The Morgan fingerprint density at radius 1 is 1.38 bits per heavy atom. The minimum atomic E-state index is -4.59. The number of hydrogen-bond donors (Lipinski definition) is 1. The second-order valence-corrected chi connectivity index (χ2v) is 5.58. The molecule has 0 spiro atoms. The summed E-state index contributed by atoms with van der Waals surface area (Å²) in [6.45, 7) is 0. The summed E-state index contributed by atoms with van der Waals surface area (Å²) < 4.78 is 39.3. The second kappa shape index (κ2) is 4.66. The van der Waals surface area contributed by atoms with Crippen LogP contribution in [0.5, 0.6) is 0 Å². The van der Waals surface area contributed by atoms with Crippen molar-refractivity contribution in [1.29, 1.82) is 0 Å². The van der Waals surface area contributed by atoms with Crippen LogP contribution in [0.25, 0.3) is 0 Å². The zero-order valence-electron chi connectivity index (χ0n) is 10.6. The Kier molecular flexibility index (Phi) is 3.16. The van der Waals surface area contributed by atoms with E-state index < -0.39 is 29.7 Å². The number of halogens is 4. The topological polar surface area (TPSA) is 52.2 Å². The van der Waals surface area contributed by atoms with E-state index in [4.69, 9.17) is 11.6 Å². The van der Waals surface area contributed by atoms with E-state index in [-0.39, 0.29) is 16.6 Å². The number of nitrogens with one attached hydrogen (secondary N) is 1. The van der Waals surface area contributed by atoms with Gasteiger partial charge in [0.15, 0.2) is 0 Å². The van der Waals surface area contributed by atoms with Gasteiger partial charge in [-0.15, -0.1) is 0 Å². The van der Waals surface area contributed by atoms with Crippen LogP contribution in [0.3, 0.4) is 0 Å². The van der Waals surface area contributed by atoms with Crippen LogP contribution in [0.4, 0.5) is 18.9 Å². The van der Waals surface area contributed by atoms with Gasteiger partial charge in [-0.05, 0) is 24.5 Å². The van der Waals surface area contributed by atoms with Gasteiger partial charge < -0.3 is 15.2 Å². The third kappa shape index (κ3) is 2.18. The van der Waals surface area contributed by atoms with E-state index in [1.54, 1.807) is 12.2 Å². The lowest BCUT2D eigenvalue weighted by Crippen LogP contribution is -2.49. The molecule has 3 nitrogen and oxygen atoms in total. The van der Waals surface area contributed by atoms with Crippen LogP contribution in [-0.2, 0) is 11.0 Å². The van der Waals surface area contributed by atoms with Gasteiger partial charge in [-0.3, -0.25) is 0 Å². The van der Waals surface area contributed by atoms with E-state index in [1.165, 1.54) is 6.07 Å². The standard InChI is InChI=1S/C14H11ClF3NO2/c15-9-5-4-8(14(16,17)18)12-10(9)6-2-1-3-7(6)11(19-12)13(20)21/h1-2,4-7,11,19H,3H2,(H,20,21)/p-1/t6-,7-,11-/m0/s1. The van der Waals surface area contributed by atoms with E-state index in [9.17, 15) is 23.1 Å². The van der Waals surface area contributed by atoms with Crippen molar-refractivity contribution in [3.63, 3.8) is 0 Å². The molecule has 0 radical (unpaired) electrons. The maximum atomic E-state index is 13.1. The van der Waals surface area contributed by atoms with Gasteiger partial charge in [0, 0.05) is 16.5 Å². The fraction of sp³-hybridized carbons (Fsp3) is 0.357. The maximum absolute atomic E-state index is 13.1. The number of alkyl halides is 3. The highest BCUT2D eigenvalue weighted by atomic mass is 35.5. The molecule has 0 saturated carbocycles. The maximum Gasteiger partial charge on any atom is 0.418 e. The van der Waals surface area contributed by atoms with Gasteiger partial charge in [-0.1, -0.05) is 23.8 Å². The van der Waals surface area contributed by atoms with E-state index >= 15 is 0 Å². The van der Waals surface area contributed by atoms with Crippen molar-refractivity contribution >= 4 is 23.3 Å². The van der Waals surface area contributed by atoms with Gasteiger partial charge in [0.2, 0.25) is 0 Å². The Balaban J connectivity index is 2.22. The third-order valence-electron chi connectivity index (χ3n) is 4.03. The smallest absolute Gasteiger partial charge is 0.418 e. The predicted octanol–water partition coefficient (Wildman–Crippen LogP) is 2.56. The number of aliphatic carboxylic acids is 1. The first-order valence-electron chi connectivity index (χ1n) is 6.34. The number of carbonyl (C=O) groups is 1. The lowest BCUT2D eigenvalue weighted by Gasteiger charge is -2.39. The molecule has 0 unspecified atom stereocenters. The van der Waals surface area contributed by atoms with Gasteiger partial charge >= 0.3 is 6.18 Å². The fourth-order valence-electron chi connectivity index (χ4n) is 3.13. The first kappa shape index (κ1) is 14.3. The molecule has 2 aliphatic rings. The van der Waals surface area contributed by atoms with Crippen molar-refractivity contribution in [3.8, 4) is 0 Å². The van der Waals surface area contributed by atoms with Crippen LogP contribution >= 0.6 is 11.6 Å². The Morgan fingerprint density at radius 2 is 2.10 bits per heavy atom. The fourth-order valence-corrected chi connectivity index (χ4v) is 3.42. The van der Waals surface area contributed by atoms with E-state index in [0.717, 1.165) is 6.07 Å². The average Bonchev–Trinajstić information content (AvgIpc) is 2.84. The number of carboxylic acid groups (broad SMARTS) is 1. The third-order valence-corrected chi connectivity index (χ3v) is 4.36. The molecule has 0 saturated heterocycles. The SMILES string of the molecule is O=C([O-])[C@H]1Nc2c(C(F)(F)F)ccc(Cl)c2[C@H]2C=CC[C@H]12. The minimum absolute atomic E-state index is 0.198. The number of rotatable bonds is 1. The Bertz CT molecular complexity index is 642. The van der Waals surface area contributed by atoms with Crippen molar-refractivity contribution in [3.05, 3.63) is 40.4 Å². The molecule has 0 aromatic heterocycles. The molecule has 1 heterocycles. The lowest BCUT2D eigenvalue weighted by molar-refractivity contribution is -0.308. The largest absolute Gasteiger partial charge is 0.548 e. The van der Waals surface area contributed by atoms with Crippen LogP contribution in [0.15, 0.2) is 24.3 Å². The summed E-state index contributed by atoms with van der Waals surface area (Å²) in [5, 5.41) is 13.9. The summed E-state index contributed by atoms with van der Waals surface area (Å²) in [6.07, 6.45) is -0.652. The normalized spacial score (nSPS) is 27.0. The molecule has 21 heavy (non-hydrogen) atoms. The molecule has 0 amide bonds. The Labute approximate surface area is 123 Å². The average molecular weight is 317 g/mol. The number of benzene rings is 1. The number of carbonyl (C=O) groups excluding carboxylic acids is 1. The summed E-state index contributed by atoms with van der Waals surface area (Å²) in [7, 11) is 0. The van der Waals surface area contributed by atoms with Gasteiger partial charge in [-0.25, -0.2) is 0 Å².